The fraction of sp³-hybridized carbons (Fsp3) is 0.105. The molecule has 3 aromatic rings. The van der Waals surface area contributed by atoms with Gasteiger partial charge in [-0.1, -0.05) is 66.7 Å². The second-order valence-electron chi connectivity index (χ2n) is 4.92. The molecular weight excluding hydrogens is 304 g/mol. The zero-order valence-corrected chi connectivity index (χ0v) is 13.6. The predicted octanol–water partition coefficient (Wildman–Crippen LogP) is 3.82. The van der Waals surface area contributed by atoms with Crippen LogP contribution in [0.25, 0.3) is 0 Å². The average Bonchev–Trinajstić information content (AvgIpc) is 3.12. The molecular formula is C19H20N2OS. The minimum absolute atomic E-state index is 0.347. The summed E-state index contributed by atoms with van der Waals surface area (Å²) in [6, 6.07) is 24.4. The minimum atomic E-state index is -0.347. The van der Waals surface area contributed by atoms with Crippen LogP contribution in [-0.4, -0.2) is 5.91 Å². The van der Waals surface area contributed by atoms with Crippen molar-refractivity contribution in [1.29, 1.82) is 0 Å². The van der Waals surface area contributed by atoms with E-state index in [2.05, 4.69) is 53.8 Å². The molecule has 0 aliphatic heterocycles. The Bertz CT molecular complexity index is 642. The molecule has 118 valence electrons. The van der Waals surface area contributed by atoms with Gasteiger partial charge in [-0.15, -0.1) is 11.3 Å². The van der Waals surface area contributed by atoms with E-state index in [9.17, 15) is 4.79 Å². The SMILES string of the molecule is NC(=O)c1cccs1.c1ccc(CNCc2ccccc2)cc1. The van der Waals surface area contributed by atoms with Crippen LogP contribution in [0, 0.1) is 0 Å². The minimum Gasteiger partial charge on any atom is -0.365 e. The van der Waals surface area contributed by atoms with E-state index in [4.69, 9.17) is 5.73 Å². The Balaban J connectivity index is 0.000000203. The number of benzene rings is 2. The number of carbonyl (C=O) groups excluding carboxylic acids is 1. The molecule has 0 fully saturated rings. The van der Waals surface area contributed by atoms with E-state index >= 15 is 0 Å². The van der Waals surface area contributed by atoms with E-state index in [1.54, 1.807) is 12.1 Å². The van der Waals surface area contributed by atoms with Crippen LogP contribution in [0.3, 0.4) is 0 Å². The van der Waals surface area contributed by atoms with Gasteiger partial charge in [0.25, 0.3) is 5.91 Å². The average molecular weight is 324 g/mol. The summed E-state index contributed by atoms with van der Waals surface area (Å²) in [5, 5.41) is 5.24. The maximum atomic E-state index is 10.3. The molecule has 0 spiro atoms. The van der Waals surface area contributed by atoms with Gasteiger partial charge in [-0.25, -0.2) is 0 Å². The fourth-order valence-corrected chi connectivity index (χ4v) is 2.54. The number of carbonyl (C=O) groups is 1. The standard InChI is InChI=1S/C14H15N.C5H5NOS/c1-3-7-13(8-4-1)11-15-12-14-9-5-2-6-10-14;6-5(7)4-2-1-3-8-4/h1-10,15H,11-12H2;1-3H,(H2,6,7). The highest BCUT2D eigenvalue weighted by Gasteiger charge is 1.96. The number of rotatable bonds is 5. The van der Waals surface area contributed by atoms with Gasteiger partial charge in [0.05, 0.1) is 4.88 Å². The summed E-state index contributed by atoms with van der Waals surface area (Å²) < 4.78 is 0. The number of nitrogens with one attached hydrogen (secondary N) is 1. The number of thiophene rings is 1. The molecule has 0 aliphatic carbocycles. The zero-order valence-electron chi connectivity index (χ0n) is 12.8. The third-order valence-electron chi connectivity index (χ3n) is 3.11. The first-order valence-corrected chi connectivity index (χ1v) is 8.25. The summed E-state index contributed by atoms with van der Waals surface area (Å²) in [5.41, 5.74) is 7.58. The lowest BCUT2D eigenvalue weighted by atomic mass is 10.2. The van der Waals surface area contributed by atoms with Gasteiger partial charge in [0.1, 0.15) is 0 Å². The molecule has 4 heteroatoms. The second kappa shape index (κ2) is 9.56. The second-order valence-corrected chi connectivity index (χ2v) is 5.86. The molecule has 0 atom stereocenters. The number of nitrogens with two attached hydrogens (primary N) is 1. The molecule has 0 bridgehead atoms. The molecule has 1 heterocycles. The first-order valence-electron chi connectivity index (χ1n) is 7.37. The first-order chi connectivity index (χ1) is 11.3. The number of primary amides is 1. The first kappa shape index (κ1) is 16.9. The fourth-order valence-electron chi connectivity index (χ4n) is 1.96. The lowest BCUT2D eigenvalue weighted by Crippen LogP contribution is -2.12. The van der Waals surface area contributed by atoms with Crippen molar-refractivity contribution in [3.8, 4) is 0 Å². The third kappa shape index (κ3) is 6.46. The quantitative estimate of drug-likeness (QED) is 0.749. The van der Waals surface area contributed by atoms with Crippen molar-refractivity contribution in [2.45, 2.75) is 13.1 Å². The van der Waals surface area contributed by atoms with E-state index in [1.807, 2.05) is 17.5 Å². The summed E-state index contributed by atoms with van der Waals surface area (Å²) >= 11 is 1.36. The van der Waals surface area contributed by atoms with Crippen LogP contribution in [0.4, 0.5) is 0 Å². The molecule has 3 rings (SSSR count). The van der Waals surface area contributed by atoms with Gasteiger partial charge in [-0.2, -0.15) is 0 Å². The molecule has 0 radical (unpaired) electrons. The highest BCUT2D eigenvalue weighted by Crippen LogP contribution is 2.05. The summed E-state index contributed by atoms with van der Waals surface area (Å²) in [6.07, 6.45) is 0. The zero-order chi connectivity index (χ0) is 16.3. The lowest BCUT2D eigenvalue weighted by Gasteiger charge is -2.04. The Labute approximate surface area is 140 Å². The van der Waals surface area contributed by atoms with Gasteiger partial charge in [0.2, 0.25) is 0 Å². The molecule has 0 unspecified atom stereocenters. The Hall–Kier alpha value is -2.43. The molecule has 0 aliphatic rings. The Morgan fingerprint density at radius 1 is 0.826 bits per heavy atom. The van der Waals surface area contributed by atoms with Gasteiger partial charge in [0, 0.05) is 13.1 Å². The third-order valence-corrected chi connectivity index (χ3v) is 3.99. The summed E-state index contributed by atoms with van der Waals surface area (Å²) in [7, 11) is 0. The van der Waals surface area contributed by atoms with Crippen LogP contribution < -0.4 is 11.1 Å². The van der Waals surface area contributed by atoms with Crippen LogP contribution in [0.1, 0.15) is 20.8 Å². The summed E-state index contributed by atoms with van der Waals surface area (Å²) in [4.78, 5) is 10.9. The largest absolute Gasteiger partial charge is 0.365 e. The van der Waals surface area contributed by atoms with Crippen molar-refractivity contribution in [3.05, 3.63) is 94.2 Å². The molecule has 1 amide bonds. The van der Waals surface area contributed by atoms with Crippen molar-refractivity contribution >= 4 is 17.2 Å². The van der Waals surface area contributed by atoms with Crippen molar-refractivity contribution < 1.29 is 4.79 Å². The van der Waals surface area contributed by atoms with Crippen molar-refractivity contribution in [2.24, 2.45) is 5.73 Å². The van der Waals surface area contributed by atoms with Gasteiger partial charge >= 0.3 is 0 Å². The normalized spacial score (nSPS) is 9.74. The van der Waals surface area contributed by atoms with Crippen LogP contribution in [-0.2, 0) is 13.1 Å². The van der Waals surface area contributed by atoms with Crippen LogP contribution in [0.15, 0.2) is 78.2 Å². The molecule has 0 saturated carbocycles. The van der Waals surface area contributed by atoms with Gasteiger partial charge < -0.3 is 11.1 Å². The van der Waals surface area contributed by atoms with E-state index < -0.39 is 0 Å². The van der Waals surface area contributed by atoms with Crippen molar-refractivity contribution in [1.82, 2.24) is 5.32 Å². The predicted molar refractivity (Wildman–Crippen MR) is 96.3 cm³/mol. The summed E-state index contributed by atoms with van der Waals surface area (Å²) in [6.45, 7) is 1.85. The highest BCUT2D eigenvalue weighted by molar-refractivity contribution is 7.12. The molecule has 0 saturated heterocycles. The van der Waals surface area contributed by atoms with Gasteiger partial charge in [0.15, 0.2) is 0 Å². The number of hydrogen-bond donors (Lipinski definition) is 2. The maximum Gasteiger partial charge on any atom is 0.258 e. The monoisotopic (exact) mass is 324 g/mol. The Morgan fingerprint density at radius 2 is 1.35 bits per heavy atom. The van der Waals surface area contributed by atoms with Gasteiger partial charge in [-0.05, 0) is 22.6 Å². The van der Waals surface area contributed by atoms with Crippen LogP contribution in [0.5, 0.6) is 0 Å². The lowest BCUT2D eigenvalue weighted by molar-refractivity contribution is 0.100. The van der Waals surface area contributed by atoms with Crippen LogP contribution >= 0.6 is 11.3 Å². The smallest absolute Gasteiger partial charge is 0.258 e. The van der Waals surface area contributed by atoms with Crippen molar-refractivity contribution in [3.63, 3.8) is 0 Å². The number of hydrogen-bond acceptors (Lipinski definition) is 3. The Morgan fingerprint density at radius 3 is 1.70 bits per heavy atom. The maximum absolute atomic E-state index is 10.3. The Kier molecular flexibility index (Phi) is 7.04. The van der Waals surface area contributed by atoms with Crippen LogP contribution in [0.2, 0.25) is 0 Å². The number of amides is 1. The van der Waals surface area contributed by atoms with Gasteiger partial charge in [-0.3, -0.25) is 4.79 Å². The molecule has 1 aromatic heterocycles. The van der Waals surface area contributed by atoms with E-state index in [0.29, 0.717) is 4.88 Å². The van der Waals surface area contributed by atoms with Crippen molar-refractivity contribution in [2.75, 3.05) is 0 Å². The molecule has 23 heavy (non-hydrogen) atoms. The molecule has 2 aromatic carbocycles. The highest BCUT2D eigenvalue weighted by atomic mass is 32.1. The molecule has 3 nitrogen and oxygen atoms in total. The molecule has 3 N–H and O–H groups in total. The van der Waals surface area contributed by atoms with E-state index in [1.165, 1.54) is 22.5 Å². The van der Waals surface area contributed by atoms with E-state index in [-0.39, 0.29) is 5.91 Å². The topological polar surface area (TPSA) is 55.1 Å². The van der Waals surface area contributed by atoms with E-state index in [0.717, 1.165) is 13.1 Å². The summed E-state index contributed by atoms with van der Waals surface area (Å²) in [5.74, 6) is -0.347.